The van der Waals surface area contributed by atoms with E-state index in [4.69, 9.17) is 0 Å². The van der Waals surface area contributed by atoms with Gasteiger partial charge in [-0.25, -0.2) is 8.42 Å². The van der Waals surface area contributed by atoms with E-state index in [1.807, 2.05) is 0 Å². The number of nitrogens with one attached hydrogen (secondary N) is 1. The topological polar surface area (TPSA) is 46.2 Å². The number of hydrogen-bond donors (Lipinski definition) is 1. The summed E-state index contributed by atoms with van der Waals surface area (Å²) in [6, 6.07) is 0. The van der Waals surface area contributed by atoms with Gasteiger partial charge in [0.1, 0.15) is 0 Å². The van der Waals surface area contributed by atoms with Crippen LogP contribution in [-0.2, 0) is 9.84 Å². The Hall–Kier alpha value is -0.0900. The molecule has 15 heavy (non-hydrogen) atoms. The Balaban J connectivity index is 3.73. The predicted octanol–water partition coefficient (Wildman–Crippen LogP) is 1.69. The summed E-state index contributed by atoms with van der Waals surface area (Å²) >= 11 is 0. The van der Waals surface area contributed by atoms with Crippen LogP contribution in [0.1, 0.15) is 34.6 Å². The van der Waals surface area contributed by atoms with Crippen LogP contribution in [0, 0.1) is 11.8 Å². The molecule has 0 rings (SSSR count). The molecule has 0 saturated carbocycles. The molecule has 0 heterocycles. The highest BCUT2D eigenvalue weighted by Crippen LogP contribution is 2.07. The lowest BCUT2D eigenvalue weighted by Gasteiger charge is -2.16. The van der Waals surface area contributed by atoms with Crippen LogP contribution >= 0.6 is 0 Å². The number of rotatable bonds is 7. The molecule has 0 amide bonds. The van der Waals surface area contributed by atoms with Crippen LogP contribution in [0.25, 0.3) is 0 Å². The largest absolute Gasteiger partial charge is 0.315 e. The van der Waals surface area contributed by atoms with Crippen molar-refractivity contribution in [2.45, 2.75) is 39.9 Å². The summed E-state index contributed by atoms with van der Waals surface area (Å²) in [6.45, 7) is 11.4. The molecular formula is C11H25NO2S. The minimum absolute atomic E-state index is 0.246. The van der Waals surface area contributed by atoms with Crippen LogP contribution in [-0.4, -0.2) is 32.5 Å². The molecule has 0 aromatic heterocycles. The van der Waals surface area contributed by atoms with Gasteiger partial charge in [0.2, 0.25) is 0 Å². The zero-order valence-electron chi connectivity index (χ0n) is 10.6. The lowest BCUT2D eigenvalue weighted by atomic mass is 9.98. The molecule has 0 radical (unpaired) electrons. The third-order valence-electron chi connectivity index (χ3n) is 2.89. The second-order valence-electron chi connectivity index (χ2n) is 4.84. The first-order valence-corrected chi connectivity index (χ1v) is 7.41. The number of hydrogen-bond acceptors (Lipinski definition) is 3. The van der Waals surface area contributed by atoms with Crippen molar-refractivity contribution in [3.63, 3.8) is 0 Å². The van der Waals surface area contributed by atoms with Crippen molar-refractivity contribution < 1.29 is 8.42 Å². The van der Waals surface area contributed by atoms with Gasteiger partial charge in [-0.05, 0) is 32.2 Å². The van der Waals surface area contributed by atoms with Gasteiger partial charge in [-0.15, -0.1) is 0 Å². The Morgan fingerprint density at radius 1 is 1.07 bits per heavy atom. The van der Waals surface area contributed by atoms with E-state index in [-0.39, 0.29) is 11.0 Å². The second-order valence-corrected chi connectivity index (χ2v) is 7.52. The summed E-state index contributed by atoms with van der Waals surface area (Å²) in [4.78, 5) is 0. The van der Waals surface area contributed by atoms with Gasteiger partial charge < -0.3 is 5.32 Å². The van der Waals surface area contributed by atoms with Gasteiger partial charge in [-0.1, -0.05) is 20.8 Å². The van der Waals surface area contributed by atoms with E-state index in [9.17, 15) is 8.42 Å². The lowest BCUT2D eigenvalue weighted by molar-refractivity contribution is 0.397. The summed E-state index contributed by atoms with van der Waals surface area (Å²) in [5, 5.41) is 2.94. The zero-order valence-corrected chi connectivity index (χ0v) is 11.4. The Morgan fingerprint density at radius 3 is 2.00 bits per heavy atom. The first kappa shape index (κ1) is 14.9. The van der Waals surface area contributed by atoms with E-state index in [1.54, 1.807) is 13.8 Å². The van der Waals surface area contributed by atoms with Gasteiger partial charge in [0.25, 0.3) is 0 Å². The molecule has 0 spiro atoms. The smallest absolute Gasteiger partial charge is 0.153 e. The summed E-state index contributed by atoms with van der Waals surface area (Å²) in [5.74, 6) is 1.47. The minimum Gasteiger partial charge on any atom is -0.315 e. The van der Waals surface area contributed by atoms with E-state index >= 15 is 0 Å². The van der Waals surface area contributed by atoms with Crippen LogP contribution in [0.5, 0.6) is 0 Å². The second kappa shape index (κ2) is 6.48. The highest BCUT2D eigenvalue weighted by atomic mass is 32.2. The molecule has 0 saturated heterocycles. The Bertz CT molecular complexity index is 258. The molecule has 0 aliphatic carbocycles. The van der Waals surface area contributed by atoms with E-state index in [1.165, 1.54) is 0 Å². The fourth-order valence-electron chi connectivity index (χ4n) is 1.02. The normalized spacial score (nSPS) is 14.9. The third-order valence-corrected chi connectivity index (χ3v) is 5.10. The molecule has 0 aliphatic heterocycles. The van der Waals surface area contributed by atoms with E-state index in [0.717, 1.165) is 6.54 Å². The zero-order chi connectivity index (χ0) is 12.1. The average Bonchev–Trinajstić information content (AvgIpc) is 2.11. The maximum atomic E-state index is 11.5. The first-order valence-electron chi connectivity index (χ1n) is 5.69. The minimum atomic E-state index is -2.88. The van der Waals surface area contributed by atoms with Crippen LogP contribution in [0.2, 0.25) is 0 Å². The van der Waals surface area contributed by atoms with Crippen molar-refractivity contribution in [2.24, 2.45) is 11.8 Å². The molecule has 4 heteroatoms. The molecular weight excluding hydrogens is 210 g/mol. The fourth-order valence-corrected chi connectivity index (χ4v) is 1.92. The molecule has 0 aromatic carbocycles. The van der Waals surface area contributed by atoms with Gasteiger partial charge in [0.05, 0.1) is 11.0 Å². The van der Waals surface area contributed by atoms with Crippen LogP contribution in [0.15, 0.2) is 0 Å². The van der Waals surface area contributed by atoms with Crippen molar-refractivity contribution in [1.29, 1.82) is 0 Å². The molecule has 92 valence electrons. The monoisotopic (exact) mass is 235 g/mol. The average molecular weight is 235 g/mol. The Labute approximate surface area is 94.6 Å². The van der Waals surface area contributed by atoms with Crippen LogP contribution < -0.4 is 5.32 Å². The molecule has 0 aromatic rings. The summed E-state index contributed by atoms with van der Waals surface area (Å²) in [7, 11) is -2.88. The van der Waals surface area contributed by atoms with Gasteiger partial charge in [-0.3, -0.25) is 0 Å². The van der Waals surface area contributed by atoms with Crippen molar-refractivity contribution in [3.05, 3.63) is 0 Å². The highest BCUT2D eigenvalue weighted by Gasteiger charge is 2.15. The van der Waals surface area contributed by atoms with Gasteiger partial charge in [-0.2, -0.15) is 0 Å². The summed E-state index contributed by atoms with van der Waals surface area (Å²) in [6.07, 6.45) is 0. The highest BCUT2D eigenvalue weighted by molar-refractivity contribution is 7.92. The third kappa shape index (κ3) is 6.15. The fraction of sp³-hybridized carbons (Fsp3) is 1.00. The molecule has 1 unspecified atom stereocenters. The Kier molecular flexibility index (Phi) is 6.44. The van der Waals surface area contributed by atoms with E-state index in [2.05, 4.69) is 26.1 Å². The first-order chi connectivity index (χ1) is 6.77. The predicted molar refractivity (Wildman–Crippen MR) is 65.8 cm³/mol. The lowest BCUT2D eigenvalue weighted by Crippen LogP contribution is -2.31. The van der Waals surface area contributed by atoms with Gasteiger partial charge >= 0.3 is 0 Å². The van der Waals surface area contributed by atoms with Crippen molar-refractivity contribution in [1.82, 2.24) is 5.32 Å². The standard InChI is InChI=1S/C11H25NO2S/c1-9(2)11(5)8-12-6-7-15(13,14)10(3)4/h9-12H,6-8H2,1-5H3. The van der Waals surface area contributed by atoms with Crippen LogP contribution in [0.4, 0.5) is 0 Å². The van der Waals surface area contributed by atoms with Crippen LogP contribution in [0.3, 0.4) is 0 Å². The molecule has 0 bridgehead atoms. The SMILES string of the molecule is CC(C)C(C)CNCCS(=O)(=O)C(C)C. The molecule has 0 aliphatic rings. The van der Waals surface area contributed by atoms with Crippen molar-refractivity contribution in [3.8, 4) is 0 Å². The summed E-state index contributed by atoms with van der Waals surface area (Å²) < 4.78 is 22.9. The van der Waals surface area contributed by atoms with E-state index < -0.39 is 9.84 Å². The van der Waals surface area contributed by atoms with E-state index in [0.29, 0.717) is 18.4 Å². The maximum Gasteiger partial charge on any atom is 0.153 e. The number of sulfone groups is 1. The quantitative estimate of drug-likeness (QED) is 0.683. The molecule has 1 atom stereocenters. The Morgan fingerprint density at radius 2 is 1.60 bits per heavy atom. The maximum absolute atomic E-state index is 11.5. The van der Waals surface area contributed by atoms with Crippen molar-refractivity contribution >= 4 is 9.84 Å². The van der Waals surface area contributed by atoms with Gasteiger partial charge in [0.15, 0.2) is 9.84 Å². The van der Waals surface area contributed by atoms with Crippen molar-refractivity contribution in [2.75, 3.05) is 18.8 Å². The molecule has 0 fully saturated rings. The summed E-state index contributed by atoms with van der Waals surface area (Å²) in [5.41, 5.74) is 0. The van der Waals surface area contributed by atoms with Gasteiger partial charge in [0, 0.05) is 6.54 Å². The molecule has 3 nitrogen and oxygen atoms in total. The molecule has 1 N–H and O–H groups in total.